The zero-order valence-electron chi connectivity index (χ0n) is 19.6. The number of hydrogen-bond acceptors (Lipinski definition) is 5. The summed E-state index contributed by atoms with van der Waals surface area (Å²) < 4.78 is 18.7. The SMILES string of the molecule is C[C@H]1CN(Cc2ccc(N(C)C(=O)c3ccc(Oc4ccc(F)cc4)cn3)cc2)CCN1C(=O)O. The third-order valence-corrected chi connectivity index (χ3v) is 6.00. The van der Waals surface area contributed by atoms with E-state index in [4.69, 9.17) is 4.74 Å². The highest BCUT2D eigenvalue weighted by Gasteiger charge is 2.27. The van der Waals surface area contributed by atoms with E-state index in [9.17, 15) is 19.1 Å². The highest BCUT2D eigenvalue weighted by Crippen LogP contribution is 2.22. The van der Waals surface area contributed by atoms with Gasteiger partial charge in [-0.1, -0.05) is 12.1 Å². The number of ether oxygens (including phenoxy) is 1. The third kappa shape index (κ3) is 5.93. The van der Waals surface area contributed by atoms with Gasteiger partial charge in [0.2, 0.25) is 0 Å². The largest absolute Gasteiger partial charge is 0.465 e. The van der Waals surface area contributed by atoms with E-state index < -0.39 is 6.09 Å². The van der Waals surface area contributed by atoms with Gasteiger partial charge in [0.05, 0.1) is 6.20 Å². The summed E-state index contributed by atoms with van der Waals surface area (Å²) in [6.45, 7) is 4.49. The van der Waals surface area contributed by atoms with E-state index in [0.29, 0.717) is 37.7 Å². The van der Waals surface area contributed by atoms with E-state index in [0.717, 1.165) is 11.3 Å². The molecule has 35 heavy (non-hydrogen) atoms. The van der Waals surface area contributed by atoms with Gasteiger partial charge in [-0.2, -0.15) is 0 Å². The van der Waals surface area contributed by atoms with Crippen molar-refractivity contribution in [3.63, 3.8) is 0 Å². The molecule has 2 aromatic carbocycles. The van der Waals surface area contributed by atoms with Crippen molar-refractivity contribution in [3.05, 3.63) is 83.9 Å². The lowest BCUT2D eigenvalue weighted by Gasteiger charge is -2.38. The van der Waals surface area contributed by atoms with Gasteiger partial charge in [0.25, 0.3) is 5.91 Å². The van der Waals surface area contributed by atoms with Crippen molar-refractivity contribution in [1.29, 1.82) is 0 Å². The predicted octanol–water partition coefficient (Wildman–Crippen LogP) is 4.47. The molecule has 3 aromatic rings. The monoisotopic (exact) mass is 478 g/mol. The number of carbonyl (C=O) groups excluding carboxylic acids is 1. The lowest BCUT2D eigenvalue weighted by Crippen LogP contribution is -2.53. The molecule has 0 saturated carbocycles. The van der Waals surface area contributed by atoms with E-state index in [1.165, 1.54) is 40.3 Å². The van der Waals surface area contributed by atoms with E-state index >= 15 is 0 Å². The number of aromatic nitrogens is 1. The Kier molecular flexibility index (Phi) is 7.26. The Morgan fingerprint density at radius 2 is 1.74 bits per heavy atom. The molecule has 1 fully saturated rings. The number of anilines is 1. The van der Waals surface area contributed by atoms with Crippen molar-refractivity contribution < 1.29 is 23.8 Å². The predicted molar refractivity (Wildman–Crippen MR) is 129 cm³/mol. The molecular weight excluding hydrogens is 451 g/mol. The van der Waals surface area contributed by atoms with Crippen molar-refractivity contribution in [2.75, 3.05) is 31.6 Å². The Balaban J connectivity index is 1.34. The molecule has 1 N–H and O–H groups in total. The molecule has 0 bridgehead atoms. The number of pyridine rings is 1. The molecular formula is C26H27FN4O4. The Morgan fingerprint density at radius 1 is 1.06 bits per heavy atom. The first-order valence-corrected chi connectivity index (χ1v) is 11.3. The van der Waals surface area contributed by atoms with E-state index in [1.807, 2.05) is 31.2 Å². The number of amides is 2. The maximum absolute atomic E-state index is 13.0. The molecule has 8 nitrogen and oxygen atoms in total. The van der Waals surface area contributed by atoms with E-state index in [1.54, 1.807) is 19.2 Å². The van der Waals surface area contributed by atoms with Crippen molar-refractivity contribution in [3.8, 4) is 11.5 Å². The smallest absolute Gasteiger partial charge is 0.407 e. The number of carboxylic acid groups (broad SMARTS) is 1. The van der Waals surface area contributed by atoms with Crippen LogP contribution >= 0.6 is 0 Å². The Morgan fingerprint density at radius 3 is 2.34 bits per heavy atom. The van der Waals surface area contributed by atoms with E-state index in [2.05, 4.69) is 9.88 Å². The first kappa shape index (κ1) is 24.2. The number of benzene rings is 2. The topological polar surface area (TPSA) is 86.2 Å². The highest BCUT2D eigenvalue weighted by atomic mass is 19.1. The number of carbonyl (C=O) groups is 2. The van der Waals surface area contributed by atoms with Gasteiger partial charge in [0, 0.05) is 45.0 Å². The first-order valence-electron chi connectivity index (χ1n) is 11.3. The lowest BCUT2D eigenvalue weighted by atomic mass is 10.1. The van der Waals surface area contributed by atoms with Crippen LogP contribution in [-0.4, -0.2) is 64.6 Å². The zero-order chi connectivity index (χ0) is 24.9. The van der Waals surface area contributed by atoms with Gasteiger partial charge >= 0.3 is 6.09 Å². The lowest BCUT2D eigenvalue weighted by molar-refractivity contribution is 0.0711. The molecule has 1 saturated heterocycles. The summed E-state index contributed by atoms with van der Waals surface area (Å²) in [7, 11) is 1.69. The van der Waals surface area contributed by atoms with Gasteiger partial charge in [0.1, 0.15) is 23.0 Å². The second-order valence-electron chi connectivity index (χ2n) is 8.53. The van der Waals surface area contributed by atoms with Crippen LogP contribution in [0.4, 0.5) is 14.9 Å². The molecule has 2 heterocycles. The summed E-state index contributed by atoms with van der Waals surface area (Å²) in [4.78, 5) is 33.6. The minimum atomic E-state index is -0.876. The van der Waals surface area contributed by atoms with Gasteiger partial charge in [-0.25, -0.2) is 14.2 Å². The molecule has 0 unspecified atom stereocenters. The number of nitrogens with zero attached hydrogens (tertiary/aromatic N) is 4. The van der Waals surface area contributed by atoms with E-state index in [-0.39, 0.29) is 23.5 Å². The van der Waals surface area contributed by atoms with Crippen LogP contribution < -0.4 is 9.64 Å². The number of piperazine rings is 1. The fraction of sp³-hybridized carbons (Fsp3) is 0.269. The molecule has 2 amide bonds. The Labute approximate surface area is 203 Å². The summed E-state index contributed by atoms with van der Waals surface area (Å²) in [5.74, 6) is 0.312. The summed E-state index contributed by atoms with van der Waals surface area (Å²) in [5.41, 5.74) is 2.09. The number of halogens is 1. The first-order chi connectivity index (χ1) is 16.8. The molecule has 1 aliphatic heterocycles. The molecule has 0 aliphatic carbocycles. The van der Waals surface area contributed by atoms with Crippen molar-refractivity contribution in [2.24, 2.45) is 0 Å². The summed E-state index contributed by atoms with van der Waals surface area (Å²) in [6.07, 6.45) is 0.581. The molecule has 182 valence electrons. The van der Waals surface area contributed by atoms with Crippen LogP contribution in [0.1, 0.15) is 23.0 Å². The van der Waals surface area contributed by atoms with Crippen LogP contribution in [-0.2, 0) is 6.54 Å². The molecule has 0 spiro atoms. The quantitative estimate of drug-likeness (QED) is 0.563. The average molecular weight is 479 g/mol. The van der Waals surface area contributed by atoms with Gasteiger partial charge < -0.3 is 19.6 Å². The molecule has 1 atom stereocenters. The fourth-order valence-electron chi connectivity index (χ4n) is 4.04. The Hall–Kier alpha value is -3.98. The van der Waals surface area contributed by atoms with Crippen LogP contribution in [0.5, 0.6) is 11.5 Å². The summed E-state index contributed by atoms with van der Waals surface area (Å²) >= 11 is 0. The van der Waals surface area contributed by atoms with Gasteiger partial charge in [0.15, 0.2) is 0 Å². The highest BCUT2D eigenvalue weighted by molar-refractivity contribution is 6.04. The molecule has 1 aliphatic rings. The van der Waals surface area contributed by atoms with Crippen LogP contribution in [0, 0.1) is 5.82 Å². The number of rotatable bonds is 6. The average Bonchev–Trinajstić information content (AvgIpc) is 2.85. The van der Waals surface area contributed by atoms with Crippen LogP contribution in [0.15, 0.2) is 66.9 Å². The molecule has 1 aromatic heterocycles. The van der Waals surface area contributed by atoms with Crippen LogP contribution in [0.3, 0.4) is 0 Å². The fourth-order valence-corrected chi connectivity index (χ4v) is 4.04. The normalized spacial score (nSPS) is 16.1. The van der Waals surface area contributed by atoms with Crippen molar-refractivity contribution in [1.82, 2.24) is 14.8 Å². The minimum Gasteiger partial charge on any atom is -0.465 e. The van der Waals surface area contributed by atoms with Gasteiger partial charge in [-0.3, -0.25) is 9.69 Å². The summed E-state index contributed by atoms with van der Waals surface area (Å²) in [6, 6.07) is 16.5. The standard InChI is InChI=1S/C26H27FN4O4/c1-18-16-30(13-14-31(18)26(33)34)17-19-3-7-21(8-4-19)29(2)25(32)24-12-11-23(15-28-24)35-22-9-5-20(27)6-10-22/h3-12,15,18H,13-14,16-17H2,1-2H3,(H,33,34)/t18-/m0/s1. The second-order valence-corrected chi connectivity index (χ2v) is 8.53. The molecule has 0 radical (unpaired) electrons. The van der Waals surface area contributed by atoms with Crippen LogP contribution in [0.2, 0.25) is 0 Å². The zero-order valence-corrected chi connectivity index (χ0v) is 19.6. The Bertz CT molecular complexity index is 1170. The minimum absolute atomic E-state index is 0.0516. The molecule has 4 rings (SSSR count). The summed E-state index contributed by atoms with van der Waals surface area (Å²) in [5, 5.41) is 9.23. The van der Waals surface area contributed by atoms with Crippen molar-refractivity contribution >= 4 is 17.7 Å². The maximum atomic E-state index is 13.0. The third-order valence-electron chi connectivity index (χ3n) is 6.00. The van der Waals surface area contributed by atoms with Crippen molar-refractivity contribution in [2.45, 2.75) is 19.5 Å². The number of hydrogen-bond donors (Lipinski definition) is 1. The van der Waals surface area contributed by atoms with Crippen LogP contribution in [0.25, 0.3) is 0 Å². The maximum Gasteiger partial charge on any atom is 0.407 e. The molecule has 9 heteroatoms. The second kappa shape index (κ2) is 10.5. The van der Waals surface area contributed by atoms with Gasteiger partial charge in [-0.15, -0.1) is 0 Å². The van der Waals surface area contributed by atoms with Gasteiger partial charge in [-0.05, 0) is 61.0 Å².